The molecule has 1 aromatic carbocycles. The van der Waals surface area contributed by atoms with Crippen molar-refractivity contribution in [1.29, 1.82) is 0 Å². The maximum absolute atomic E-state index is 6.26. The third-order valence-electron chi connectivity index (χ3n) is 3.88. The summed E-state index contributed by atoms with van der Waals surface area (Å²) in [5.41, 5.74) is 1.02. The van der Waals surface area contributed by atoms with Crippen molar-refractivity contribution in [2.24, 2.45) is 5.92 Å². The molecule has 0 saturated heterocycles. The summed E-state index contributed by atoms with van der Waals surface area (Å²) in [6.07, 6.45) is 6.34. The van der Waals surface area contributed by atoms with Gasteiger partial charge in [0, 0.05) is 15.9 Å². The fraction of sp³-hybridized carbons (Fsp3) is 0.600. The first kappa shape index (κ1) is 15.5. The molecule has 1 aliphatic carbocycles. The molecule has 0 bridgehead atoms. The number of hydrogen-bond acceptors (Lipinski definition) is 1. The van der Waals surface area contributed by atoms with Gasteiger partial charge in [-0.25, -0.2) is 0 Å². The van der Waals surface area contributed by atoms with E-state index in [4.69, 9.17) is 27.9 Å². The van der Waals surface area contributed by atoms with Crippen LogP contribution in [0.5, 0.6) is 5.75 Å². The molecule has 0 amide bonds. The van der Waals surface area contributed by atoms with Gasteiger partial charge in [0.15, 0.2) is 0 Å². The minimum atomic E-state index is 0.291. The number of hydrogen-bond donors (Lipinski definition) is 0. The summed E-state index contributed by atoms with van der Waals surface area (Å²) >= 11 is 15.7. The molecule has 1 fully saturated rings. The lowest BCUT2D eigenvalue weighted by Gasteiger charge is -2.29. The van der Waals surface area contributed by atoms with Crippen LogP contribution in [0, 0.1) is 5.92 Å². The molecule has 1 aliphatic rings. The van der Waals surface area contributed by atoms with Crippen molar-refractivity contribution in [3.05, 3.63) is 27.7 Å². The Morgan fingerprint density at radius 2 is 1.89 bits per heavy atom. The summed E-state index contributed by atoms with van der Waals surface area (Å²) in [6, 6.07) is 3.66. The van der Waals surface area contributed by atoms with Gasteiger partial charge in [0.2, 0.25) is 0 Å². The van der Waals surface area contributed by atoms with Gasteiger partial charge >= 0.3 is 0 Å². The first-order valence-electron chi connectivity index (χ1n) is 6.84. The quantitative estimate of drug-likeness (QED) is 0.574. The Hall–Kier alpha value is 0.0800. The van der Waals surface area contributed by atoms with Crippen LogP contribution in [0.15, 0.2) is 12.1 Å². The zero-order chi connectivity index (χ0) is 13.8. The average molecular weight is 366 g/mol. The van der Waals surface area contributed by atoms with Crippen molar-refractivity contribution < 1.29 is 4.74 Å². The lowest BCUT2D eigenvalue weighted by atomic mass is 9.86. The minimum absolute atomic E-state index is 0.291. The molecule has 1 aromatic rings. The summed E-state index contributed by atoms with van der Waals surface area (Å²) in [6.45, 7) is 2.27. The second-order valence-electron chi connectivity index (χ2n) is 5.18. The van der Waals surface area contributed by atoms with Crippen LogP contribution in [0.2, 0.25) is 10.0 Å². The molecule has 0 heterocycles. The smallest absolute Gasteiger partial charge is 0.142 e. The second-order valence-corrected chi connectivity index (χ2v) is 6.58. The molecule has 0 radical (unpaired) electrons. The van der Waals surface area contributed by atoms with E-state index < -0.39 is 0 Å². The summed E-state index contributed by atoms with van der Waals surface area (Å²) in [5, 5.41) is 1.97. The lowest BCUT2D eigenvalue weighted by Crippen LogP contribution is -2.24. The Morgan fingerprint density at radius 3 is 2.47 bits per heavy atom. The molecule has 0 aliphatic heterocycles. The average Bonchev–Trinajstić information content (AvgIpc) is 2.42. The lowest BCUT2D eigenvalue weighted by molar-refractivity contribution is 0.129. The molecule has 1 saturated carbocycles. The first-order chi connectivity index (χ1) is 9.13. The molecule has 0 spiro atoms. The van der Waals surface area contributed by atoms with Gasteiger partial charge in [-0.05, 0) is 43.7 Å². The van der Waals surface area contributed by atoms with Crippen molar-refractivity contribution in [1.82, 2.24) is 0 Å². The van der Waals surface area contributed by atoms with Gasteiger partial charge in [-0.1, -0.05) is 52.5 Å². The third-order valence-corrected chi connectivity index (χ3v) is 4.99. The number of halogens is 3. The molecule has 2 rings (SSSR count). The van der Waals surface area contributed by atoms with Crippen LogP contribution in [0.4, 0.5) is 0 Å². The van der Waals surface area contributed by atoms with Gasteiger partial charge in [-0.15, -0.1) is 0 Å². The molecule has 1 nitrogen and oxygen atoms in total. The van der Waals surface area contributed by atoms with E-state index in [9.17, 15) is 0 Å². The fourth-order valence-electron chi connectivity index (χ4n) is 2.67. The minimum Gasteiger partial charge on any atom is -0.489 e. The zero-order valence-electron chi connectivity index (χ0n) is 11.1. The van der Waals surface area contributed by atoms with E-state index in [1.54, 1.807) is 6.07 Å². The van der Waals surface area contributed by atoms with Gasteiger partial charge < -0.3 is 4.74 Å². The van der Waals surface area contributed by atoms with E-state index in [0.717, 1.165) is 30.1 Å². The Labute approximate surface area is 133 Å². The monoisotopic (exact) mass is 364 g/mol. The highest BCUT2D eigenvalue weighted by Gasteiger charge is 2.23. The largest absolute Gasteiger partial charge is 0.489 e. The molecular weight excluding hydrogens is 347 g/mol. The third kappa shape index (κ3) is 4.03. The van der Waals surface area contributed by atoms with Crippen molar-refractivity contribution in [2.75, 3.05) is 0 Å². The van der Waals surface area contributed by atoms with Gasteiger partial charge in [-0.3, -0.25) is 0 Å². The highest BCUT2D eigenvalue weighted by Crippen LogP contribution is 2.37. The van der Waals surface area contributed by atoms with Gasteiger partial charge in [0.1, 0.15) is 5.75 Å². The highest BCUT2D eigenvalue weighted by atomic mass is 79.9. The predicted octanol–water partition coefficient (Wildman–Crippen LogP) is 6.24. The zero-order valence-corrected chi connectivity index (χ0v) is 14.2. The maximum atomic E-state index is 6.26. The molecule has 0 atom stereocenters. The molecule has 106 valence electrons. The topological polar surface area (TPSA) is 9.23 Å². The number of rotatable bonds is 4. The van der Waals surface area contributed by atoms with Crippen LogP contribution >= 0.6 is 39.1 Å². The predicted molar refractivity (Wildman–Crippen MR) is 85.8 cm³/mol. The van der Waals surface area contributed by atoms with Crippen LogP contribution in [0.3, 0.4) is 0 Å². The maximum Gasteiger partial charge on any atom is 0.142 e. The van der Waals surface area contributed by atoms with Crippen molar-refractivity contribution in [3.63, 3.8) is 0 Å². The van der Waals surface area contributed by atoms with Gasteiger partial charge in [0.05, 0.1) is 11.1 Å². The number of benzene rings is 1. The van der Waals surface area contributed by atoms with Crippen molar-refractivity contribution in [3.8, 4) is 5.75 Å². The van der Waals surface area contributed by atoms with Crippen LogP contribution in [-0.2, 0) is 5.33 Å². The van der Waals surface area contributed by atoms with E-state index in [1.807, 2.05) is 6.07 Å². The molecule has 0 N–H and O–H groups in total. The molecular formula is C15H19BrCl2O. The van der Waals surface area contributed by atoms with E-state index >= 15 is 0 Å². The molecule has 0 aromatic heterocycles. The van der Waals surface area contributed by atoms with Crippen LogP contribution in [0.25, 0.3) is 0 Å². The van der Waals surface area contributed by atoms with Crippen LogP contribution in [0.1, 0.15) is 44.6 Å². The van der Waals surface area contributed by atoms with E-state index in [-0.39, 0.29) is 0 Å². The highest BCUT2D eigenvalue weighted by molar-refractivity contribution is 9.08. The first-order valence-corrected chi connectivity index (χ1v) is 8.72. The van der Waals surface area contributed by atoms with Gasteiger partial charge in [0.25, 0.3) is 0 Å². The van der Waals surface area contributed by atoms with Crippen molar-refractivity contribution in [2.45, 2.75) is 50.5 Å². The fourth-order valence-corrected chi connectivity index (χ4v) is 3.67. The van der Waals surface area contributed by atoms with Gasteiger partial charge in [-0.2, -0.15) is 0 Å². The molecule has 4 heteroatoms. The van der Waals surface area contributed by atoms with E-state index in [1.165, 1.54) is 19.3 Å². The number of ether oxygens (including phenoxy) is 1. The Kier molecular flexibility index (Phi) is 5.86. The summed E-state index contributed by atoms with van der Waals surface area (Å²) in [7, 11) is 0. The van der Waals surface area contributed by atoms with E-state index in [0.29, 0.717) is 21.5 Å². The van der Waals surface area contributed by atoms with Crippen molar-refractivity contribution >= 4 is 39.1 Å². The Balaban J connectivity index is 2.07. The summed E-state index contributed by atoms with van der Waals surface area (Å²) < 4.78 is 6.14. The van der Waals surface area contributed by atoms with Crippen LogP contribution in [-0.4, -0.2) is 6.10 Å². The summed E-state index contributed by atoms with van der Waals surface area (Å²) in [5.74, 6) is 1.67. The molecule has 0 unspecified atom stereocenters. The Bertz CT molecular complexity index is 428. The Morgan fingerprint density at radius 1 is 1.21 bits per heavy atom. The number of alkyl halides is 1. The SMILES string of the molecule is CCC1CCC(Oc2c(Cl)cc(Cl)cc2CBr)CC1. The summed E-state index contributed by atoms with van der Waals surface area (Å²) in [4.78, 5) is 0. The normalized spacial score (nSPS) is 23.4. The van der Waals surface area contributed by atoms with E-state index in [2.05, 4.69) is 22.9 Å². The van der Waals surface area contributed by atoms with Crippen LogP contribution < -0.4 is 4.74 Å². The molecule has 19 heavy (non-hydrogen) atoms. The second kappa shape index (κ2) is 7.19. The standard InChI is InChI=1S/C15H19BrCl2O/c1-2-10-3-5-13(6-4-10)19-15-11(9-16)7-12(17)8-14(15)18/h7-8,10,13H,2-6,9H2,1H3.